The van der Waals surface area contributed by atoms with Crippen molar-refractivity contribution in [3.05, 3.63) is 119 Å². The Hall–Kier alpha value is -3.56. The second-order valence-corrected chi connectivity index (χ2v) is 9.91. The minimum atomic E-state index is -0.402. The third-order valence-corrected chi connectivity index (χ3v) is 7.55. The largest absolute Gasteiger partial charge is 0.493 e. The van der Waals surface area contributed by atoms with E-state index in [1.54, 1.807) is 0 Å². The van der Waals surface area contributed by atoms with Crippen molar-refractivity contribution in [3.63, 3.8) is 0 Å². The molecule has 1 unspecified atom stereocenters. The summed E-state index contributed by atoms with van der Waals surface area (Å²) < 4.78 is 17.3. The molecule has 1 heterocycles. The van der Waals surface area contributed by atoms with Crippen LogP contribution < -0.4 is 9.47 Å². The van der Waals surface area contributed by atoms with E-state index in [1.165, 1.54) is 46.2 Å². The number of benzene rings is 4. The van der Waals surface area contributed by atoms with Crippen LogP contribution >= 0.6 is 0 Å². The summed E-state index contributed by atoms with van der Waals surface area (Å²) >= 11 is 0. The lowest BCUT2D eigenvalue weighted by atomic mass is 9.68. The summed E-state index contributed by atoms with van der Waals surface area (Å²) in [5.74, 6) is 2.56. The molecule has 1 saturated carbocycles. The summed E-state index contributed by atoms with van der Waals surface area (Å²) in [6.45, 7) is 2.23. The van der Waals surface area contributed by atoms with Crippen LogP contribution in [0.1, 0.15) is 35.1 Å². The van der Waals surface area contributed by atoms with Crippen LogP contribution in [0.25, 0.3) is 11.1 Å². The molecule has 0 N–H and O–H groups in total. The van der Waals surface area contributed by atoms with Crippen molar-refractivity contribution in [2.45, 2.75) is 24.4 Å². The SMILES string of the molecule is c1ccc2c(c1)-c1ccccc1C2(c1ccc(OCC2CC2)cc1)c1ccc(OCC2CO2)cc1. The lowest BCUT2D eigenvalue weighted by molar-refractivity contribution is 0.263. The van der Waals surface area contributed by atoms with E-state index in [2.05, 4.69) is 97.1 Å². The summed E-state index contributed by atoms with van der Waals surface area (Å²) in [4.78, 5) is 0. The number of rotatable bonds is 8. The van der Waals surface area contributed by atoms with Crippen LogP contribution in [-0.2, 0) is 10.2 Å². The molecule has 1 aliphatic heterocycles. The second-order valence-electron chi connectivity index (χ2n) is 9.91. The van der Waals surface area contributed by atoms with Crippen LogP contribution in [-0.4, -0.2) is 25.9 Å². The summed E-state index contributed by atoms with van der Waals surface area (Å²) in [7, 11) is 0. The Balaban J connectivity index is 1.35. The molecular weight excluding hydrogens is 432 g/mol. The van der Waals surface area contributed by atoms with Gasteiger partial charge >= 0.3 is 0 Å². The van der Waals surface area contributed by atoms with Gasteiger partial charge in [-0.25, -0.2) is 0 Å². The highest BCUT2D eigenvalue weighted by atomic mass is 16.6. The molecule has 4 aromatic carbocycles. The zero-order valence-electron chi connectivity index (χ0n) is 19.7. The summed E-state index contributed by atoms with van der Waals surface area (Å²) in [5, 5.41) is 0. The molecule has 4 aromatic rings. The molecule has 0 radical (unpaired) electrons. The molecule has 3 nitrogen and oxygen atoms in total. The smallest absolute Gasteiger partial charge is 0.119 e. The quantitative estimate of drug-likeness (QED) is 0.244. The standard InChI is InChI=1S/C32H28O3/c1-3-7-30-28(5-1)29-6-2-4-8-31(29)32(30,23-11-15-25(16-12-23)33-19-22-9-10-22)24-13-17-26(18-14-24)34-20-27-21-35-27/h1-8,11-18,22,27H,9-10,19-21H2. The molecule has 1 atom stereocenters. The molecular formula is C32H28O3. The maximum atomic E-state index is 6.07. The molecule has 0 amide bonds. The Bertz CT molecular complexity index is 1240. The molecule has 2 fully saturated rings. The fourth-order valence-corrected chi connectivity index (χ4v) is 5.48. The van der Waals surface area contributed by atoms with Crippen LogP contribution in [0, 0.1) is 5.92 Å². The van der Waals surface area contributed by atoms with E-state index in [0.29, 0.717) is 6.61 Å². The van der Waals surface area contributed by atoms with E-state index in [4.69, 9.17) is 14.2 Å². The van der Waals surface area contributed by atoms with E-state index in [1.807, 2.05) is 0 Å². The van der Waals surface area contributed by atoms with Crippen LogP contribution in [0.4, 0.5) is 0 Å². The van der Waals surface area contributed by atoms with Crippen molar-refractivity contribution in [2.75, 3.05) is 19.8 Å². The van der Waals surface area contributed by atoms with Crippen molar-refractivity contribution < 1.29 is 14.2 Å². The zero-order valence-corrected chi connectivity index (χ0v) is 19.7. The molecule has 3 aliphatic rings. The Morgan fingerprint density at radius 1 is 0.629 bits per heavy atom. The highest BCUT2D eigenvalue weighted by Gasteiger charge is 2.45. The van der Waals surface area contributed by atoms with Gasteiger partial charge in [0.05, 0.1) is 18.6 Å². The van der Waals surface area contributed by atoms with Gasteiger partial charge in [0, 0.05) is 0 Å². The molecule has 2 aliphatic carbocycles. The third-order valence-electron chi connectivity index (χ3n) is 7.55. The first kappa shape index (κ1) is 20.8. The van der Waals surface area contributed by atoms with Gasteiger partial charge in [-0.1, -0.05) is 72.8 Å². The fraction of sp³-hybridized carbons (Fsp3) is 0.250. The second kappa shape index (κ2) is 8.28. The van der Waals surface area contributed by atoms with Gasteiger partial charge in [-0.2, -0.15) is 0 Å². The third kappa shape index (κ3) is 3.62. The fourth-order valence-electron chi connectivity index (χ4n) is 5.48. The van der Waals surface area contributed by atoms with Crippen LogP contribution in [0.3, 0.4) is 0 Å². The van der Waals surface area contributed by atoms with Gasteiger partial charge < -0.3 is 14.2 Å². The predicted octanol–water partition coefficient (Wildman–Crippen LogP) is 6.62. The maximum absolute atomic E-state index is 6.07. The average Bonchev–Trinajstić information content (AvgIpc) is 3.85. The summed E-state index contributed by atoms with van der Waals surface area (Å²) in [6, 6.07) is 35.0. The maximum Gasteiger partial charge on any atom is 0.119 e. The average molecular weight is 461 g/mol. The van der Waals surface area contributed by atoms with Gasteiger partial charge in [-0.3, -0.25) is 0 Å². The molecule has 7 rings (SSSR count). The van der Waals surface area contributed by atoms with Crippen molar-refractivity contribution in [1.82, 2.24) is 0 Å². The first-order valence-electron chi connectivity index (χ1n) is 12.6. The number of hydrogen-bond acceptors (Lipinski definition) is 3. The molecule has 0 aromatic heterocycles. The first-order chi connectivity index (χ1) is 17.3. The van der Waals surface area contributed by atoms with Crippen molar-refractivity contribution in [3.8, 4) is 22.6 Å². The topological polar surface area (TPSA) is 31.0 Å². The van der Waals surface area contributed by atoms with Crippen molar-refractivity contribution >= 4 is 0 Å². The lowest BCUT2D eigenvalue weighted by Gasteiger charge is -2.34. The van der Waals surface area contributed by atoms with Gasteiger partial charge in [-0.15, -0.1) is 0 Å². The monoisotopic (exact) mass is 460 g/mol. The van der Waals surface area contributed by atoms with Gasteiger partial charge in [0.15, 0.2) is 0 Å². The van der Waals surface area contributed by atoms with Gasteiger partial charge in [0.2, 0.25) is 0 Å². The number of ether oxygens (including phenoxy) is 3. The van der Waals surface area contributed by atoms with E-state index in [-0.39, 0.29) is 6.10 Å². The van der Waals surface area contributed by atoms with Gasteiger partial charge in [0.25, 0.3) is 0 Å². The van der Waals surface area contributed by atoms with E-state index < -0.39 is 5.41 Å². The highest BCUT2D eigenvalue weighted by molar-refractivity contribution is 5.86. The molecule has 35 heavy (non-hydrogen) atoms. The van der Waals surface area contributed by atoms with Gasteiger partial charge in [-0.05, 0) is 76.4 Å². The minimum absolute atomic E-state index is 0.246. The minimum Gasteiger partial charge on any atom is -0.493 e. The summed E-state index contributed by atoms with van der Waals surface area (Å²) in [6.07, 6.45) is 2.83. The van der Waals surface area contributed by atoms with Crippen molar-refractivity contribution in [2.24, 2.45) is 5.92 Å². The number of hydrogen-bond donors (Lipinski definition) is 0. The van der Waals surface area contributed by atoms with E-state index in [9.17, 15) is 0 Å². The first-order valence-corrected chi connectivity index (χ1v) is 12.6. The van der Waals surface area contributed by atoms with Crippen LogP contribution in [0.5, 0.6) is 11.5 Å². The van der Waals surface area contributed by atoms with E-state index in [0.717, 1.165) is 30.6 Å². The van der Waals surface area contributed by atoms with E-state index >= 15 is 0 Å². The Kier molecular flexibility index (Phi) is 4.92. The molecule has 174 valence electrons. The predicted molar refractivity (Wildman–Crippen MR) is 137 cm³/mol. The van der Waals surface area contributed by atoms with Crippen LogP contribution in [0.2, 0.25) is 0 Å². The Morgan fingerprint density at radius 2 is 1.11 bits per heavy atom. The van der Waals surface area contributed by atoms with Crippen LogP contribution in [0.15, 0.2) is 97.1 Å². The Labute approximate surface area is 206 Å². The van der Waals surface area contributed by atoms with Gasteiger partial charge in [0.1, 0.15) is 24.2 Å². The molecule has 1 saturated heterocycles. The highest BCUT2D eigenvalue weighted by Crippen LogP contribution is 2.56. The zero-order chi connectivity index (χ0) is 23.2. The number of epoxide rings is 1. The molecule has 0 spiro atoms. The lowest BCUT2D eigenvalue weighted by Crippen LogP contribution is -2.28. The summed E-state index contributed by atoms with van der Waals surface area (Å²) in [5.41, 5.74) is 7.29. The number of fused-ring (bicyclic) bond motifs is 3. The molecule has 3 heteroatoms. The molecule has 0 bridgehead atoms. The Morgan fingerprint density at radius 3 is 1.60 bits per heavy atom. The van der Waals surface area contributed by atoms with Crippen molar-refractivity contribution in [1.29, 1.82) is 0 Å². The normalized spacial score (nSPS) is 19.0.